The summed E-state index contributed by atoms with van der Waals surface area (Å²) in [6, 6.07) is 18.9. The maximum Gasteiger partial charge on any atom is 0.343 e. The number of phenols is 1. The van der Waals surface area contributed by atoms with Crippen LogP contribution in [0.3, 0.4) is 0 Å². The molecule has 0 aliphatic carbocycles. The zero-order valence-electron chi connectivity index (χ0n) is 11.1. The second kappa shape index (κ2) is 4.35. The number of aromatic hydroxyl groups is 1. The molecule has 1 N–H and O–H groups in total. The minimum Gasteiger partial charge on any atom is -0.506 e. The van der Waals surface area contributed by atoms with Gasteiger partial charge in [-0.3, -0.25) is 0 Å². The standard InChI is InChI=1S/C18H12O3/c19-16-13-9-5-4-8-12(13)10-14-15(16)18(20)21-17(14)11-6-2-1-3-7-11/h1-10,17,19H. The molecule has 0 aromatic heterocycles. The van der Waals surface area contributed by atoms with Crippen LogP contribution in [0.25, 0.3) is 10.8 Å². The zero-order valence-corrected chi connectivity index (χ0v) is 11.1. The highest BCUT2D eigenvalue weighted by atomic mass is 16.5. The average Bonchev–Trinajstić information content (AvgIpc) is 2.86. The molecule has 0 saturated heterocycles. The van der Waals surface area contributed by atoms with Crippen LogP contribution in [0, 0.1) is 0 Å². The van der Waals surface area contributed by atoms with Crippen molar-refractivity contribution in [2.45, 2.75) is 6.10 Å². The molecule has 1 atom stereocenters. The van der Waals surface area contributed by atoms with Gasteiger partial charge < -0.3 is 9.84 Å². The van der Waals surface area contributed by atoms with E-state index in [0.29, 0.717) is 5.39 Å². The fourth-order valence-corrected chi connectivity index (χ4v) is 2.88. The van der Waals surface area contributed by atoms with E-state index in [1.54, 1.807) is 6.07 Å². The highest BCUT2D eigenvalue weighted by Crippen LogP contribution is 2.43. The topological polar surface area (TPSA) is 46.5 Å². The van der Waals surface area contributed by atoms with Crippen molar-refractivity contribution in [2.75, 3.05) is 0 Å². The fraction of sp³-hybridized carbons (Fsp3) is 0.0556. The molecule has 1 heterocycles. The number of carbonyl (C=O) groups is 1. The number of phenolic OH excluding ortho intramolecular Hbond substituents is 1. The van der Waals surface area contributed by atoms with Gasteiger partial charge in [0.1, 0.15) is 11.3 Å². The number of cyclic esters (lactones) is 1. The molecule has 1 aliphatic heterocycles. The molecule has 102 valence electrons. The van der Waals surface area contributed by atoms with E-state index in [2.05, 4.69) is 0 Å². The van der Waals surface area contributed by atoms with Crippen LogP contribution in [0.1, 0.15) is 27.6 Å². The Hall–Kier alpha value is -2.81. The molecule has 0 saturated carbocycles. The van der Waals surface area contributed by atoms with Gasteiger partial charge in [-0.2, -0.15) is 0 Å². The summed E-state index contributed by atoms with van der Waals surface area (Å²) in [7, 11) is 0. The van der Waals surface area contributed by atoms with Gasteiger partial charge >= 0.3 is 5.97 Å². The number of carbonyl (C=O) groups excluding carboxylic acids is 1. The van der Waals surface area contributed by atoms with Crippen LogP contribution in [-0.4, -0.2) is 11.1 Å². The van der Waals surface area contributed by atoms with Gasteiger partial charge in [0.15, 0.2) is 6.10 Å². The first kappa shape index (κ1) is 12.0. The maximum atomic E-state index is 12.1. The summed E-state index contributed by atoms with van der Waals surface area (Å²) in [5.41, 5.74) is 1.91. The smallest absolute Gasteiger partial charge is 0.343 e. The number of esters is 1. The number of ether oxygens (including phenoxy) is 1. The molecule has 0 fully saturated rings. The molecule has 21 heavy (non-hydrogen) atoms. The van der Waals surface area contributed by atoms with Gasteiger partial charge in [-0.15, -0.1) is 0 Å². The highest BCUT2D eigenvalue weighted by molar-refractivity contribution is 6.05. The van der Waals surface area contributed by atoms with Gasteiger partial charge in [-0.1, -0.05) is 54.6 Å². The summed E-state index contributed by atoms with van der Waals surface area (Å²) in [5.74, 6) is -0.464. The Balaban J connectivity index is 2.00. The molecular formula is C18H12O3. The Morgan fingerprint density at radius 3 is 2.48 bits per heavy atom. The summed E-state index contributed by atoms with van der Waals surface area (Å²) in [5, 5.41) is 12.0. The number of hydrogen-bond donors (Lipinski definition) is 1. The van der Waals surface area contributed by atoms with E-state index in [-0.39, 0.29) is 11.3 Å². The average molecular weight is 276 g/mol. The SMILES string of the molecule is O=C1OC(c2ccccc2)c2cc3ccccc3c(O)c21. The molecule has 3 nitrogen and oxygen atoms in total. The first-order valence-corrected chi connectivity index (χ1v) is 6.76. The Morgan fingerprint density at radius 1 is 0.952 bits per heavy atom. The predicted molar refractivity (Wildman–Crippen MR) is 79.3 cm³/mol. The molecule has 0 radical (unpaired) electrons. The van der Waals surface area contributed by atoms with Gasteiger partial charge in [0.25, 0.3) is 0 Å². The molecule has 1 unspecified atom stereocenters. The van der Waals surface area contributed by atoms with Crippen molar-refractivity contribution in [3.05, 3.63) is 77.4 Å². The minimum atomic E-state index is -0.470. The summed E-state index contributed by atoms with van der Waals surface area (Å²) >= 11 is 0. The van der Waals surface area contributed by atoms with Crippen molar-refractivity contribution in [1.29, 1.82) is 0 Å². The third-order valence-corrected chi connectivity index (χ3v) is 3.87. The van der Waals surface area contributed by atoms with Gasteiger partial charge in [0.05, 0.1) is 0 Å². The molecule has 3 aromatic carbocycles. The number of rotatable bonds is 1. The van der Waals surface area contributed by atoms with E-state index < -0.39 is 12.1 Å². The summed E-state index contributed by atoms with van der Waals surface area (Å²) in [6.07, 6.45) is -0.454. The molecule has 0 bridgehead atoms. The third kappa shape index (κ3) is 1.71. The van der Waals surface area contributed by atoms with E-state index in [0.717, 1.165) is 16.5 Å². The Bertz CT molecular complexity index is 853. The molecule has 0 spiro atoms. The van der Waals surface area contributed by atoms with Crippen LogP contribution in [0.4, 0.5) is 0 Å². The van der Waals surface area contributed by atoms with Crippen molar-refractivity contribution < 1.29 is 14.6 Å². The van der Waals surface area contributed by atoms with Crippen LogP contribution >= 0.6 is 0 Å². The van der Waals surface area contributed by atoms with Gasteiger partial charge in [0, 0.05) is 10.9 Å². The van der Waals surface area contributed by atoms with Crippen LogP contribution in [0.5, 0.6) is 5.75 Å². The molecule has 1 aliphatic rings. The number of fused-ring (bicyclic) bond motifs is 2. The van der Waals surface area contributed by atoms with Crippen molar-refractivity contribution in [3.8, 4) is 5.75 Å². The van der Waals surface area contributed by atoms with Crippen molar-refractivity contribution in [1.82, 2.24) is 0 Å². The van der Waals surface area contributed by atoms with Crippen molar-refractivity contribution in [3.63, 3.8) is 0 Å². The van der Waals surface area contributed by atoms with Crippen molar-refractivity contribution >= 4 is 16.7 Å². The second-order valence-electron chi connectivity index (χ2n) is 5.11. The Kier molecular flexibility index (Phi) is 2.48. The monoisotopic (exact) mass is 276 g/mol. The van der Waals surface area contributed by atoms with E-state index in [1.165, 1.54) is 0 Å². The first-order chi connectivity index (χ1) is 10.3. The minimum absolute atomic E-state index is 0.00605. The number of hydrogen-bond acceptors (Lipinski definition) is 3. The van der Waals surface area contributed by atoms with Crippen LogP contribution < -0.4 is 0 Å². The summed E-state index contributed by atoms with van der Waals surface area (Å²) < 4.78 is 5.47. The molecule has 3 heteroatoms. The van der Waals surface area contributed by atoms with Gasteiger partial charge in [-0.25, -0.2) is 4.79 Å². The van der Waals surface area contributed by atoms with Crippen LogP contribution in [0.2, 0.25) is 0 Å². The maximum absolute atomic E-state index is 12.1. The van der Waals surface area contributed by atoms with E-state index >= 15 is 0 Å². The lowest BCUT2D eigenvalue weighted by Crippen LogP contribution is -2.00. The zero-order chi connectivity index (χ0) is 14.4. The van der Waals surface area contributed by atoms with E-state index in [9.17, 15) is 9.90 Å². The van der Waals surface area contributed by atoms with E-state index in [4.69, 9.17) is 4.74 Å². The lowest BCUT2D eigenvalue weighted by atomic mass is 9.95. The lowest BCUT2D eigenvalue weighted by Gasteiger charge is -2.11. The summed E-state index contributed by atoms with van der Waals surface area (Å²) in [6.45, 7) is 0. The summed E-state index contributed by atoms with van der Waals surface area (Å²) in [4.78, 5) is 12.1. The normalized spacial score (nSPS) is 16.8. The van der Waals surface area contributed by atoms with Crippen molar-refractivity contribution in [2.24, 2.45) is 0 Å². The Morgan fingerprint density at radius 2 is 1.67 bits per heavy atom. The van der Waals surface area contributed by atoms with Crippen LogP contribution in [-0.2, 0) is 4.74 Å². The largest absolute Gasteiger partial charge is 0.506 e. The molecule has 4 rings (SSSR count). The van der Waals surface area contributed by atoms with Gasteiger partial charge in [-0.05, 0) is 17.0 Å². The van der Waals surface area contributed by atoms with Crippen LogP contribution in [0.15, 0.2) is 60.7 Å². The Labute approximate surface area is 121 Å². The highest BCUT2D eigenvalue weighted by Gasteiger charge is 2.35. The third-order valence-electron chi connectivity index (χ3n) is 3.87. The van der Waals surface area contributed by atoms with Gasteiger partial charge in [0.2, 0.25) is 0 Å². The first-order valence-electron chi connectivity index (χ1n) is 6.76. The quantitative estimate of drug-likeness (QED) is 0.687. The molecular weight excluding hydrogens is 264 g/mol. The molecule has 3 aromatic rings. The predicted octanol–water partition coefficient (Wildman–Crippen LogP) is 3.81. The lowest BCUT2D eigenvalue weighted by molar-refractivity contribution is 0.0454. The molecule has 0 amide bonds. The van der Waals surface area contributed by atoms with E-state index in [1.807, 2.05) is 54.6 Å². The fourth-order valence-electron chi connectivity index (χ4n) is 2.88. The number of benzene rings is 3. The second-order valence-corrected chi connectivity index (χ2v) is 5.11.